The third-order valence-electron chi connectivity index (χ3n) is 7.38. The molecule has 34 heavy (non-hydrogen) atoms. The zero-order valence-electron chi connectivity index (χ0n) is 18.8. The summed E-state index contributed by atoms with van der Waals surface area (Å²) in [6.45, 7) is 3.90. The molecular weight excluding hydrogens is 431 g/mol. The number of nitrogens with zero attached hydrogens (tertiary/aromatic N) is 1. The maximum Gasteiger partial charge on any atom is 0.235 e. The fourth-order valence-corrected chi connectivity index (χ4v) is 5.57. The Morgan fingerprint density at radius 3 is 2.74 bits per heavy atom. The minimum atomic E-state index is -0.826. The molecule has 0 radical (unpaired) electrons. The number of fused-ring (bicyclic) bond motifs is 3. The number of imidazole rings is 1. The van der Waals surface area contributed by atoms with Gasteiger partial charge >= 0.3 is 0 Å². The summed E-state index contributed by atoms with van der Waals surface area (Å²) in [6, 6.07) is 15.9. The minimum absolute atomic E-state index is 0.0307. The van der Waals surface area contributed by atoms with Crippen LogP contribution in [-0.4, -0.2) is 21.8 Å². The van der Waals surface area contributed by atoms with Crippen molar-refractivity contribution in [3.8, 4) is 11.3 Å². The molecule has 7 heteroatoms. The van der Waals surface area contributed by atoms with Gasteiger partial charge in [0, 0.05) is 10.9 Å². The molecule has 1 aromatic heterocycles. The first-order valence-corrected chi connectivity index (χ1v) is 11.3. The Labute approximate surface area is 195 Å². The number of piperidine rings is 1. The van der Waals surface area contributed by atoms with E-state index < -0.39 is 11.5 Å². The van der Waals surface area contributed by atoms with Crippen LogP contribution in [0.1, 0.15) is 42.0 Å². The second-order valence-electron chi connectivity index (χ2n) is 9.43. The number of carbonyl (C=O) groups is 2. The van der Waals surface area contributed by atoms with Gasteiger partial charge in [0.2, 0.25) is 17.8 Å². The lowest BCUT2D eigenvalue weighted by atomic mass is 9.60. The molecule has 2 amide bonds. The molecule has 3 aromatic carbocycles. The molecule has 1 saturated heterocycles. The van der Waals surface area contributed by atoms with Gasteiger partial charge in [0.15, 0.2) is 0 Å². The standard InChI is InChI=1S/C27H23FN4O2/c1-14-6-5-9-18-19-12-27(2,23(22(14)18)31-24(19)33)25(34)32-26-29-13-21(30-26)17-10-11-20(28)16-8-4-3-7-15(16)17/h3-11,13,19,23H,12H2,1-2H3,(H,31,33)(H2,29,30,32,34). The third kappa shape index (κ3) is 2.89. The van der Waals surface area contributed by atoms with Crippen molar-refractivity contribution in [2.45, 2.75) is 32.2 Å². The molecule has 2 aliphatic heterocycles. The summed E-state index contributed by atoms with van der Waals surface area (Å²) in [5.74, 6) is -0.566. The van der Waals surface area contributed by atoms with Gasteiger partial charge in [0.05, 0.1) is 29.3 Å². The van der Waals surface area contributed by atoms with Crippen LogP contribution in [0.5, 0.6) is 0 Å². The zero-order chi connectivity index (χ0) is 23.6. The van der Waals surface area contributed by atoms with Crippen LogP contribution in [0.4, 0.5) is 10.3 Å². The van der Waals surface area contributed by atoms with Crippen LogP contribution in [0.3, 0.4) is 0 Å². The number of aromatic nitrogens is 2. The smallest absolute Gasteiger partial charge is 0.235 e. The van der Waals surface area contributed by atoms with Gasteiger partial charge in [0.1, 0.15) is 5.82 Å². The average molecular weight is 455 g/mol. The van der Waals surface area contributed by atoms with Gasteiger partial charge in [-0.15, -0.1) is 0 Å². The highest BCUT2D eigenvalue weighted by Gasteiger charge is 2.55. The molecule has 3 unspecified atom stereocenters. The van der Waals surface area contributed by atoms with E-state index in [4.69, 9.17) is 0 Å². The largest absolute Gasteiger partial charge is 0.348 e. The second kappa shape index (κ2) is 7.25. The number of amides is 2. The Morgan fingerprint density at radius 1 is 1.12 bits per heavy atom. The van der Waals surface area contributed by atoms with Crippen LogP contribution in [0.2, 0.25) is 0 Å². The van der Waals surface area contributed by atoms with Crippen molar-refractivity contribution in [2.75, 3.05) is 5.32 Å². The van der Waals surface area contributed by atoms with Crippen molar-refractivity contribution in [2.24, 2.45) is 5.41 Å². The van der Waals surface area contributed by atoms with Gasteiger partial charge in [-0.1, -0.05) is 42.5 Å². The fraction of sp³-hybridized carbons (Fsp3) is 0.222. The molecule has 1 aliphatic carbocycles. The molecule has 4 aromatic rings. The first-order chi connectivity index (χ1) is 16.4. The highest BCUT2D eigenvalue weighted by Crippen LogP contribution is 2.54. The quantitative estimate of drug-likeness (QED) is 0.408. The van der Waals surface area contributed by atoms with Crippen molar-refractivity contribution in [1.82, 2.24) is 15.3 Å². The predicted octanol–water partition coefficient (Wildman–Crippen LogP) is 4.98. The van der Waals surface area contributed by atoms with Gasteiger partial charge in [-0.3, -0.25) is 14.9 Å². The SMILES string of the molecule is Cc1cccc2c1C1NC(=O)C2CC1(C)C(=O)Nc1ncc(-c2ccc(F)c3ccccc23)[nH]1. The lowest BCUT2D eigenvalue weighted by Crippen LogP contribution is -2.57. The summed E-state index contributed by atoms with van der Waals surface area (Å²) in [6.07, 6.45) is 2.06. The van der Waals surface area contributed by atoms with E-state index in [-0.39, 0.29) is 23.5 Å². The number of carbonyl (C=O) groups excluding carboxylic acids is 2. The number of aryl methyl sites for hydroxylation is 1. The number of halogens is 1. The lowest BCUT2D eigenvalue weighted by Gasteiger charge is -2.49. The maximum absolute atomic E-state index is 14.2. The second-order valence-corrected chi connectivity index (χ2v) is 9.43. The van der Waals surface area contributed by atoms with Crippen LogP contribution in [-0.2, 0) is 9.59 Å². The van der Waals surface area contributed by atoms with Crippen LogP contribution in [0.25, 0.3) is 22.0 Å². The van der Waals surface area contributed by atoms with Gasteiger partial charge < -0.3 is 10.3 Å². The summed E-state index contributed by atoms with van der Waals surface area (Å²) < 4.78 is 14.2. The molecule has 6 nitrogen and oxygen atoms in total. The van der Waals surface area contributed by atoms with Gasteiger partial charge in [-0.05, 0) is 54.5 Å². The summed E-state index contributed by atoms with van der Waals surface area (Å²) in [4.78, 5) is 33.7. The van der Waals surface area contributed by atoms with E-state index in [1.54, 1.807) is 24.4 Å². The Morgan fingerprint density at radius 2 is 1.91 bits per heavy atom. The Balaban J connectivity index is 1.32. The number of benzene rings is 3. The van der Waals surface area contributed by atoms with Gasteiger partial charge in [0.25, 0.3) is 0 Å². The molecule has 3 atom stereocenters. The molecular formula is C27H23FN4O2. The summed E-state index contributed by atoms with van der Waals surface area (Å²) in [5.41, 5.74) is 3.76. The van der Waals surface area contributed by atoms with Crippen molar-refractivity contribution in [1.29, 1.82) is 0 Å². The molecule has 0 saturated carbocycles. The van der Waals surface area contributed by atoms with Crippen molar-refractivity contribution in [3.63, 3.8) is 0 Å². The van der Waals surface area contributed by atoms with Crippen molar-refractivity contribution >= 4 is 28.5 Å². The number of hydrogen-bond acceptors (Lipinski definition) is 3. The molecule has 3 N–H and O–H groups in total. The first-order valence-electron chi connectivity index (χ1n) is 11.3. The number of H-pyrrole nitrogens is 1. The Hall–Kier alpha value is -4.00. The van der Waals surface area contributed by atoms with Gasteiger partial charge in [-0.2, -0.15) is 0 Å². The normalized spacial score (nSPS) is 23.0. The third-order valence-corrected chi connectivity index (χ3v) is 7.38. The molecule has 2 bridgehead atoms. The van der Waals surface area contributed by atoms with E-state index in [2.05, 4.69) is 20.6 Å². The number of anilines is 1. The van der Waals surface area contributed by atoms with E-state index >= 15 is 0 Å². The average Bonchev–Trinajstić information content (AvgIpc) is 3.29. The number of aromatic amines is 1. The molecule has 170 valence electrons. The Bertz CT molecular complexity index is 1490. The number of nitrogens with one attached hydrogen (secondary N) is 3. The topological polar surface area (TPSA) is 86.9 Å². The van der Waals surface area contributed by atoms with Crippen LogP contribution in [0.15, 0.2) is 60.8 Å². The van der Waals surface area contributed by atoms with Crippen LogP contribution in [0, 0.1) is 18.2 Å². The summed E-state index contributed by atoms with van der Waals surface area (Å²) >= 11 is 0. The van der Waals surface area contributed by atoms with E-state index in [0.717, 1.165) is 27.6 Å². The van der Waals surface area contributed by atoms with Crippen LogP contribution < -0.4 is 10.6 Å². The molecule has 3 aliphatic rings. The lowest BCUT2D eigenvalue weighted by molar-refractivity contribution is -0.137. The monoisotopic (exact) mass is 454 g/mol. The Kier molecular flexibility index (Phi) is 4.39. The molecule has 7 rings (SSSR count). The predicted molar refractivity (Wildman–Crippen MR) is 128 cm³/mol. The highest BCUT2D eigenvalue weighted by atomic mass is 19.1. The van der Waals surface area contributed by atoms with Gasteiger partial charge in [-0.25, -0.2) is 9.37 Å². The molecule has 1 fully saturated rings. The van der Waals surface area contributed by atoms with E-state index in [0.29, 0.717) is 23.4 Å². The van der Waals surface area contributed by atoms with E-state index in [9.17, 15) is 14.0 Å². The van der Waals surface area contributed by atoms with E-state index in [1.165, 1.54) is 6.07 Å². The first kappa shape index (κ1) is 20.6. The van der Waals surface area contributed by atoms with Crippen LogP contribution >= 0.6 is 0 Å². The maximum atomic E-state index is 14.2. The number of rotatable bonds is 3. The molecule has 3 heterocycles. The highest BCUT2D eigenvalue weighted by molar-refractivity contribution is 6.00. The fourth-order valence-electron chi connectivity index (χ4n) is 5.57. The van der Waals surface area contributed by atoms with E-state index in [1.807, 2.05) is 44.2 Å². The van der Waals surface area contributed by atoms with Crippen molar-refractivity contribution in [3.05, 3.63) is 83.3 Å². The zero-order valence-corrected chi connectivity index (χ0v) is 18.8. The number of hydrogen-bond donors (Lipinski definition) is 3. The minimum Gasteiger partial charge on any atom is -0.348 e. The summed E-state index contributed by atoms with van der Waals surface area (Å²) in [7, 11) is 0. The van der Waals surface area contributed by atoms with Crippen molar-refractivity contribution < 1.29 is 14.0 Å². The molecule has 0 spiro atoms. The summed E-state index contributed by atoms with van der Waals surface area (Å²) in [5, 5.41) is 7.26.